The largest absolute Gasteiger partial charge is 0.512 e. The minimum atomic E-state index is -1.54. The summed E-state index contributed by atoms with van der Waals surface area (Å²) in [7, 11) is 0. The van der Waals surface area contributed by atoms with Crippen LogP contribution in [0, 0.1) is 0 Å². The molecule has 9 nitrogen and oxygen atoms in total. The molecule has 2 amide bonds. The number of fused-ring (bicyclic) bond motifs is 2. The third-order valence-electron chi connectivity index (χ3n) is 4.87. The summed E-state index contributed by atoms with van der Waals surface area (Å²) < 4.78 is 4.89. The van der Waals surface area contributed by atoms with Crippen LogP contribution >= 0.6 is 11.8 Å². The number of para-hydroxylation sites is 1. The summed E-state index contributed by atoms with van der Waals surface area (Å²) in [6.45, 7) is 1.40. The molecule has 2 atom stereocenters. The minimum Gasteiger partial charge on any atom is -0.449 e. The van der Waals surface area contributed by atoms with Gasteiger partial charge < -0.3 is 20.9 Å². The van der Waals surface area contributed by atoms with Crippen molar-refractivity contribution >= 4 is 40.6 Å². The highest BCUT2D eigenvalue weighted by atomic mass is 32.2. The van der Waals surface area contributed by atoms with Crippen molar-refractivity contribution in [2.45, 2.75) is 17.8 Å². The van der Waals surface area contributed by atoms with E-state index in [1.165, 1.54) is 16.7 Å². The predicted octanol–water partition coefficient (Wildman–Crippen LogP) is 1.56. The molecule has 1 saturated heterocycles. The highest BCUT2D eigenvalue weighted by Gasteiger charge is 2.66. The van der Waals surface area contributed by atoms with Gasteiger partial charge in [0.25, 0.3) is 0 Å². The lowest BCUT2D eigenvalue weighted by molar-refractivity contribution is -0.157. The Hall–Kier alpha value is -3.11. The molecule has 4 rings (SSSR count). The van der Waals surface area contributed by atoms with Crippen LogP contribution in [-0.4, -0.2) is 50.3 Å². The maximum absolute atomic E-state index is 13.1. The second-order valence-corrected chi connectivity index (χ2v) is 7.93. The maximum Gasteiger partial charge on any atom is 0.512 e. The lowest BCUT2D eigenvalue weighted by Crippen LogP contribution is -2.76. The van der Waals surface area contributed by atoms with E-state index in [0.29, 0.717) is 22.5 Å². The number of hydrogen-bond acceptors (Lipinski definition) is 7. The number of rotatable bonds is 4. The van der Waals surface area contributed by atoms with Gasteiger partial charge in [0.15, 0.2) is 4.99 Å². The number of β-lactam (4-membered cyclic amide) rings is 1. The fraction of sp³-hybridized carbons (Fsp3) is 0.263. The molecule has 2 unspecified atom stereocenters. The zero-order valence-corrected chi connectivity index (χ0v) is 16.2. The quantitative estimate of drug-likeness (QED) is 0.507. The number of aromatic nitrogens is 1. The Morgan fingerprint density at radius 2 is 2.14 bits per heavy atom. The van der Waals surface area contributed by atoms with Crippen molar-refractivity contribution in [3.8, 4) is 0 Å². The van der Waals surface area contributed by atoms with Crippen molar-refractivity contribution in [2.24, 2.45) is 5.73 Å². The molecule has 150 valence electrons. The number of nitrogens with one attached hydrogen (secondary N) is 1. The van der Waals surface area contributed by atoms with Gasteiger partial charge in [0.2, 0.25) is 17.7 Å². The number of hydrogen-bond donors (Lipinski definition) is 3. The van der Waals surface area contributed by atoms with E-state index in [0.717, 1.165) is 5.39 Å². The van der Waals surface area contributed by atoms with Crippen LogP contribution in [0.2, 0.25) is 0 Å². The van der Waals surface area contributed by atoms with Gasteiger partial charge in [-0.1, -0.05) is 24.3 Å². The summed E-state index contributed by atoms with van der Waals surface area (Å²) in [5.74, 6) is -1.42. The van der Waals surface area contributed by atoms with Gasteiger partial charge in [-0.25, -0.2) is 9.69 Å². The highest BCUT2D eigenvalue weighted by molar-refractivity contribution is 8.01. The molecular weight excluding hydrogens is 396 g/mol. The Bertz CT molecular complexity index is 1070. The van der Waals surface area contributed by atoms with Gasteiger partial charge in [0, 0.05) is 11.1 Å². The fourth-order valence-electron chi connectivity index (χ4n) is 3.59. The molecule has 0 spiro atoms. The first-order chi connectivity index (χ1) is 13.9. The second kappa shape index (κ2) is 7.05. The summed E-state index contributed by atoms with van der Waals surface area (Å²) in [4.78, 5) is 41.0. The molecule has 0 aliphatic carbocycles. The molecule has 0 bridgehead atoms. The fourth-order valence-corrected chi connectivity index (χ4v) is 5.03. The molecule has 29 heavy (non-hydrogen) atoms. The summed E-state index contributed by atoms with van der Waals surface area (Å²) in [5, 5.41) is 12.8. The van der Waals surface area contributed by atoms with Crippen molar-refractivity contribution in [3.05, 3.63) is 53.5 Å². The number of benzene rings is 1. The van der Waals surface area contributed by atoms with Crippen LogP contribution in [0.5, 0.6) is 0 Å². The molecular formula is C19H18N4O5S. The van der Waals surface area contributed by atoms with E-state index >= 15 is 0 Å². The first-order valence-corrected chi connectivity index (χ1v) is 9.81. The maximum atomic E-state index is 13.1. The summed E-state index contributed by atoms with van der Waals surface area (Å²) in [6.07, 6.45) is -1.54. The number of carbonyl (C=O) groups excluding carboxylic acids is 2. The molecule has 0 radical (unpaired) electrons. The van der Waals surface area contributed by atoms with E-state index in [1.54, 1.807) is 13.0 Å². The molecule has 3 heterocycles. The van der Waals surface area contributed by atoms with Gasteiger partial charge in [-0.15, -0.1) is 11.8 Å². The van der Waals surface area contributed by atoms with Crippen LogP contribution in [0.3, 0.4) is 0 Å². The van der Waals surface area contributed by atoms with E-state index in [2.05, 4.69) is 10.3 Å². The van der Waals surface area contributed by atoms with Crippen molar-refractivity contribution in [2.75, 3.05) is 12.3 Å². The summed E-state index contributed by atoms with van der Waals surface area (Å²) >= 11 is 1.30. The first kappa shape index (κ1) is 19.2. The number of carbonyl (C=O) groups is 3. The third-order valence-corrected chi connectivity index (χ3v) is 6.41. The normalized spacial score (nSPS) is 23.4. The van der Waals surface area contributed by atoms with Crippen molar-refractivity contribution in [3.63, 3.8) is 0 Å². The Morgan fingerprint density at radius 3 is 2.86 bits per heavy atom. The molecule has 2 aliphatic heterocycles. The van der Waals surface area contributed by atoms with Crippen LogP contribution in [0.4, 0.5) is 4.79 Å². The topological polar surface area (TPSA) is 135 Å². The van der Waals surface area contributed by atoms with E-state index in [1.807, 2.05) is 30.3 Å². The first-order valence-electron chi connectivity index (χ1n) is 8.82. The van der Waals surface area contributed by atoms with E-state index in [4.69, 9.17) is 15.6 Å². The predicted molar refractivity (Wildman–Crippen MR) is 106 cm³/mol. The number of thioether (sulfide) groups is 1. The molecule has 10 heteroatoms. The lowest BCUT2D eigenvalue weighted by Gasteiger charge is -2.58. The van der Waals surface area contributed by atoms with Gasteiger partial charge in [-0.3, -0.25) is 14.6 Å². The molecule has 1 aromatic carbocycles. The zero-order valence-electron chi connectivity index (χ0n) is 15.4. The van der Waals surface area contributed by atoms with Gasteiger partial charge in [-0.2, -0.15) is 0 Å². The van der Waals surface area contributed by atoms with Crippen molar-refractivity contribution < 1.29 is 24.2 Å². The van der Waals surface area contributed by atoms with Gasteiger partial charge >= 0.3 is 6.16 Å². The third kappa shape index (κ3) is 3.00. The monoisotopic (exact) mass is 414 g/mol. The van der Waals surface area contributed by atoms with Crippen LogP contribution in [-0.2, 0) is 14.3 Å². The number of ether oxygens (including phenoxy) is 1. The second-order valence-electron chi connectivity index (χ2n) is 6.73. The van der Waals surface area contributed by atoms with Crippen LogP contribution < -0.4 is 11.1 Å². The van der Waals surface area contributed by atoms with Crippen LogP contribution in [0.15, 0.2) is 47.9 Å². The van der Waals surface area contributed by atoms with Gasteiger partial charge in [0.05, 0.1) is 17.8 Å². The highest BCUT2D eigenvalue weighted by Crippen LogP contribution is 2.55. The average Bonchev–Trinajstić information content (AvgIpc) is 2.70. The minimum absolute atomic E-state index is 0.0874. The van der Waals surface area contributed by atoms with E-state index in [9.17, 15) is 14.4 Å². The molecule has 0 saturated carbocycles. The number of pyridine rings is 1. The molecule has 2 aromatic rings. The number of nitrogens with two attached hydrogens (primary N) is 1. The zero-order chi connectivity index (χ0) is 20.8. The number of amides is 2. The molecule has 4 N–H and O–H groups in total. The standard InChI is InChI=1S/C19H18N4O5S/c1-10-9-29-19(22-14(24)8-20)15(16(25)23(19)17(10)28-18(26)27)13-7-6-11-4-2-3-5-12(11)21-13/h2-7,15H,8-9,20H2,1H3,(H,22,24)(H,26,27). The lowest BCUT2D eigenvalue weighted by atomic mass is 9.87. The van der Waals surface area contributed by atoms with Crippen molar-refractivity contribution in [1.82, 2.24) is 15.2 Å². The van der Waals surface area contributed by atoms with Crippen LogP contribution in [0.25, 0.3) is 10.9 Å². The van der Waals surface area contributed by atoms with Crippen LogP contribution in [0.1, 0.15) is 18.5 Å². The van der Waals surface area contributed by atoms with Gasteiger partial charge in [-0.05, 0) is 24.6 Å². The summed E-state index contributed by atoms with van der Waals surface area (Å²) in [5.41, 5.74) is 7.24. The Balaban J connectivity index is 1.81. The Labute approximate surface area is 169 Å². The number of nitrogens with zero attached hydrogens (tertiary/aromatic N) is 2. The Kier molecular flexibility index (Phi) is 4.67. The van der Waals surface area contributed by atoms with E-state index < -0.39 is 28.9 Å². The average molecular weight is 414 g/mol. The Morgan fingerprint density at radius 1 is 1.38 bits per heavy atom. The van der Waals surface area contributed by atoms with Crippen molar-refractivity contribution in [1.29, 1.82) is 0 Å². The molecule has 1 fully saturated rings. The SMILES string of the molecule is CC1=C(OC(=O)O)N2C(=O)C(c3ccc4ccccc4n3)C2(NC(=O)CN)SC1. The van der Waals surface area contributed by atoms with Gasteiger partial charge in [0.1, 0.15) is 5.92 Å². The molecule has 2 aliphatic rings. The molecule has 1 aromatic heterocycles. The van der Waals surface area contributed by atoms with E-state index in [-0.39, 0.29) is 12.4 Å². The smallest absolute Gasteiger partial charge is 0.449 e. The number of carboxylic acid groups (broad SMARTS) is 1. The summed E-state index contributed by atoms with van der Waals surface area (Å²) in [6, 6.07) is 11.1.